The van der Waals surface area contributed by atoms with E-state index in [9.17, 15) is 8.42 Å². The fraction of sp³-hybridized carbons (Fsp3) is 0.583. The molecule has 1 fully saturated rings. The first-order valence-corrected chi connectivity index (χ1v) is 7.82. The predicted molar refractivity (Wildman–Crippen MR) is 70.5 cm³/mol. The maximum atomic E-state index is 12.1. The number of nitrogens with zero attached hydrogens (tertiary/aromatic N) is 2. The molecule has 5 nitrogen and oxygen atoms in total. The fourth-order valence-corrected chi connectivity index (χ4v) is 3.56. The van der Waals surface area contributed by atoms with Gasteiger partial charge in [0, 0.05) is 37.4 Å². The fourth-order valence-electron chi connectivity index (χ4n) is 2.06. The van der Waals surface area contributed by atoms with Gasteiger partial charge < -0.3 is 5.73 Å². The van der Waals surface area contributed by atoms with E-state index in [1.807, 2.05) is 18.2 Å². The van der Waals surface area contributed by atoms with Crippen molar-refractivity contribution in [3.05, 3.63) is 30.1 Å². The largest absolute Gasteiger partial charge is 0.328 e. The van der Waals surface area contributed by atoms with Crippen LogP contribution in [0.25, 0.3) is 0 Å². The van der Waals surface area contributed by atoms with E-state index in [1.165, 1.54) is 0 Å². The second-order valence-electron chi connectivity index (χ2n) is 4.62. The molecule has 1 saturated heterocycles. The van der Waals surface area contributed by atoms with Gasteiger partial charge in [-0.3, -0.25) is 4.98 Å². The third kappa shape index (κ3) is 3.51. The molecule has 1 aliphatic rings. The summed E-state index contributed by atoms with van der Waals surface area (Å²) in [6.45, 7) is 1.09. The Balaban J connectivity index is 1.91. The Morgan fingerprint density at radius 3 is 2.67 bits per heavy atom. The number of hydrogen-bond donors (Lipinski definition) is 1. The Morgan fingerprint density at radius 2 is 2.06 bits per heavy atom. The molecule has 0 atom stereocenters. The Kier molecular flexibility index (Phi) is 4.31. The summed E-state index contributed by atoms with van der Waals surface area (Å²) in [5.41, 5.74) is 6.59. The van der Waals surface area contributed by atoms with Gasteiger partial charge in [0.15, 0.2) is 0 Å². The van der Waals surface area contributed by atoms with Gasteiger partial charge in [0.25, 0.3) is 0 Å². The van der Waals surface area contributed by atoms with E-state index in [0.717, 1.165) is 18.5 Å². The minimum atomic E-state index is -3.17. The van der Waals surface area contributed by atoms with Gasteiger partial charge in [-0.1, -0.05) is 6.07 Å². The Labute approximate surface area is 108 Å². The molecule has 0 aliphatic carbocycles. The Bertz CT molecular complexity index is 467. The van der Waals surface area contributed by atoms with E-state index in [4.69, 9.17) is 5.73 Å². The molecule has 0 aromatic carbocycles. The van der Waals surface area contributed by atoms with Gasteiger partial charge in [-0.15, -0.1) is 0 Å². The predicted octanol–water partition coefficient (Wildman–Crippen LogP) is 0.377. The van der Waals surface area contributed by atoms with Crippen LogP contribution in [0.1, 0.15) is 18.5 Å². The molecule has 0 amide bonds. The van der Waals surface area contributed by atoms with E-state index in [1.54, 1.807) is 10.5 Å². The van der Waals surface area contributed by atoms with E-state index in [0.29, 0.717) is 19.5 Å². The molecule has 0 spiro atoms. The molecule has 0 bridgehead atoms. The van der Waals surface area contributed by atoms with Crippen LogP contribution in [0.4, 0.5) is 0 Å². The van der Waals surface area contributed by atoms with Crippen LogP contribution in [0.3, 0.4) is 0 Å². The summed E-state index contributed by atoms with van der Waals surface area (Å²) in [4.78, 5) is 4.14. The summed E-state index contributed by atoms with van der Waals surface area (Å²) in [6, 6.07) is 5.69. The summed E-state index contributed by atoms with van der Waals surface area (Å²) >= 11 is 0. The van der Waals surface area contributed by atoms with E-state index in [2.05, 4.69) is 4.98 Å². The summed E-state index contributed by atoms with van der Waals surface area (Å²) < 4.78 is 25.8. The average Bonchev–Trinajstić information content (AvgIpc) is 2.38. The van der Waals surface area contributed by atoms with Crippen LogP contribution < -0.4 is 5.73 Å². The monoisotopic (exact) mass is 269 g/mol. The minimum Gasteiger partial charge on any atom is -0.328 e. The van der Waals surface area contributed by atoms with Crippen LogP contribution in [-0.2, 0) is 16.4 Å². The van der Waals surface area contributed by atoms with Gasteiger partial charge in [0.2, 0.25) is 10.0 Å². The van der Waals surface area contributed by atoms with Gasteiger partial charge >= 0.3 is 0 Å². The highest BCUT2D eigenvalue weighted by atomic mass is 32.2. The van der Waals surface area contributed by atoms with Crippen LogP contribution in [0, 0.1) is 0 Å². The molecule has 0 unspecified atom stereocenters. The SMILES string of the molecule is NC1CCN(S(=O)(=O)CCc2ccccn2)CC1. The van der Waals surface area contributed by atoms with Gasteiger partial charge in [-0.05, 0) is 25.0 Å². The van der Waals surface area contributed by atoms with Crippen LogP contribution in [-0.4, -0.2) is 42.6 Å². The highest BCUT2D eigenvalue weighted by molar-refractivity contribution is 7.89. The summed E-state index contributed by atoms with van der Waals surface area (Å²) in [7, 11) is -3.17. The first kappa shape index (κ1) is 13.5. The molecule has 100 valence electrons. The molecule has 6 heteroatoms. The smallest absolute Gasteiger partial charge is 0.214 e. The van der Waals surface area contributed by atoms with Crippen LogP contribution in [0.2, 0.25) is 0 Å². The molecule has 2 N–H and O–H groups in total. The molecular formula is C12H19N3O2S. The van der Waals surface area contributed by atoms with Crippen molar-refractivity contribution in [1.29, 1.82) is 0 Å². The lowest BCUT2D eigenvalue weighted by molar-refractivity contribution is 0.320. The minimum absolute atomic E-state index is 0.124. The molecular weight excluding hydrogens is 250 g/mol. The van der Waals surface area contributed by atoms with E-state index >= 15 is 0 Å². The van der Waals surface area contributed by atoms with Crippen molar-refractivity contribution in [1.82, 2.24) is 9.29 Å². The quantitative estimate of drug-likeness (QED) is 0.857. The number of aromatic nitrogens is 1. The number of aryl methyl sites for hydroxylation is 1. The molecule has 2 rings (SSSR count). The zero-order valence-corrected chi connectivity index (χ0v) is 11.1. The third-order valence-corrected chi connectivity index (χ3v) is 5.11. The summed E-state index contributed by atoms with van der Waals surface area (Å²) in [5.74, 6) is 0.124. The first-order chi connectivity index (χ1) is 8.58. The highest BCUT2D eigenvalue weighted by Crippen LogP contribution is 2.13. The van der Waals surface area contributed by atoms with Gasteiger partial charge in [0.05, 0.1) is 5.75 Å². The normalized spacial score (nSPS) is 18.9. The first-order valence-electron chi connectivity index (χ1n) is 6.21. The average molecular weight is 269 g/mol. The second kappa shape index (κ2) is 5.77. The van der Waals surface area contributed by atoms with Crippen molar-refractivity contribution in [3.8, 4) is 0 Å². The van der Waals surface area contributed by atoms with Gasteiger partial charge in [-0.2, -0.15) is 0 Å². The highest BCUT2D eigenvalue weighted by Gasteiger charge is 2.26. The second-order valence-corrected chi connectivity index (χ2v) is 6.71. The van der Waals surface area contributed by atoms with Crippen molar-refractivity contribution in [3.63, 3.8) is 0 Å². The van der Waals surface area contributed by atoms with Crippen molar-refractivity contribution in [2.45, 2.75) is 25.3 Å². The molecule has 0 saturated carbocycles. The van der Waals surface area contributed by atoms with Gasteiger partial charge in [0.1, 0.15) is 0 Å². The van der Waals surface area contributed by atoms with E-state index in [-0.39, 0.29) is 11.8 Å². The van der Waals surface area contributed by atoms with Crippen LogP contribution in [0.15, 0.2) is 24.4 Å². The zero-order chi connectivity index (χ0) is 13.0. The number of nitrogens with two attached hydrogens (primary N) is 1. The maximum absolute atomic E-state index is 12.1. The van der Waals surface area contributed by atoms with Crippen molar-refractivity contribution in [2.75, 3.05) is 18.8 Å². The van der Waals surface area contributed by atoms with Crippen LogP contribution >= 0.6 is 0 Å². The van der Waals surface area contributed by atoms with Crippen molar-refractivity contribution in [2.24, 2.45) is 5.73 Å². The number of pyridine rings is 1. The summed E-state index contributed by atoms with van der Waals surface area (Å²) in [6.07, 6.45) is 3.65. The topological polar surface area (TPSA) is 76.3 Å². The molecule has 0 radical (unpaired) electrons. The van der Waals surface area contributed by atoms with Gasteiger partial charge in [-0.25, -0.2) is 12.7 Å². The molecule has 18 heavy (non-hydrogen) atoms. The summed E-state index contributed by atoms with van der Waals surface area (Å²) in [5, 5.41) is 0. The van der Waals surface area contributed by atoms with E-state index < -0.39 is 10.0 Å². The number of rotatable bonds is 4. The van der Waals surface area contributed by atoms with Crippen molar-refractivity contribution < 1.29 is 8.42 Å². The lowest BCUT2D eigenvalue weighted by Gasteiger charge is -2.29. The molecule has 1 aliphatic heterocycles. The Morgan fingerprint density at radius 1 is 1.33 bits per heavy atom. The molecule has 1 aromatic rings. The number of piperidine rings is 1. The number of sulfonamides is 1. The van der Waals surface area contributed by atoms with Crippen LogP contribution in [0.5, 0.6) is 0 Å². The molecule has 1 aromatic heterocycles. The Hall–Kier alpha value is -0.980. The standard InChI is InChI=1S/C12H19N3O2S/c13-11-4-8-15(9-5-11)18(16,17)10-6-12-3-1-2-7-14-12/h1-3,7,11H,4-6,8-10,13H2. The number of hydrogen-bond acceptors (Lipinski definition) is 4. The lowest BCUT2D eigenvalue weighted by Crippen LogP contribution is -2.43. The maximum Gasteiger partial charge on any atom is 0.214 e. The lowest BCUT2D eigenvalue weighted by atomic mass is 10.1. The molecule has 2 heterocycles. The zero-order valence-electron chi connectivity index (χ0n) is 10.3. The van der Waals surface area contributed by atoms with Crippen molar-refractivity contribution >= 4 is 10.0 Å². The third-order valence-electron chi connectivity index (χ3n) is 3.23.